The third-order valence-electron chi connectivity index (χ3n) is 3.23. The van der Waals surface area contributed by atoms with Crippen molar-refractivity contribution in [3.63, 3.8) is 0 Å². The molecule has 0 spiro atoms. The lowest BCUT2D eigenvalue weighted by Crippen LogP contribution is -2.25. The molecular formula is C17H18N4O5. The number of carbonyl (C=O) groups is 1. The van der Waals surface area contributed by atoms with Crippen LogP contribution in [-0.2, 0) is 4.79 Å². The summed E-state index contributed by atoms with van der Waals surface area (Å²) in [6.07, 6.45) is 1.14. The average Bonchev–Trinajstić information content (AvgIpc) is 2.63. The number of anilines is 1. The third kappa shape index (κ3) is 5.48. The number of benzene rings is 2. The number of hydrazone groups is 1. The fraction of sp³-hybridized carbons (Fsp3) is 0.176. The lowest BCUT2D eigenvalue weighted by atomic mass is 10.2. The Morgan fingerprint density at radius 3 is 2.69 bits per heavy atom. The first kappa shape index (κ1) is 18.7. The molecule has 9 heteroatoms. The molecule has 9 nitrogen and oxygen atoms in total. The fourth-order valence-corrected chi connectivity index (χ4v) is 1.99. The van der Waals surface area contributed by atoms with Crippen molar-refractivity contribution >= 4 is 23.5 Å². The summed E-state index contributed by atoms with van der Waals surface area (Å²) in [7, 11) is 0. The van der Waals surface area contributed by atoms with E-state index in [4.69, 9.17) is 4.74 Å². The highest BCUT2D eigenvalue weighted by atomic mass is 16.6. The predicted molar refractivity (Wildman–Crippen MR) is 96.6 cm³/mol. The molecule has 0 unspecified atom stereocenters. The van der Waals surface area contributed by atoms with Crippen LogP contribution in [0.5, 0.6) is 11.5 Å². The van der Waals surface area contributed by atoms with Crippen molar-refractivity contribution in [2.24, 2.45) is 5.10 Å². The summed E-state index contributed by atoms with van der Waals surface area (Å²) in [5.74, 6) is 0.144. The summed E-state index contributed by atoms with van der Waals surface area (Å²) >= 11 is 0. The number of amides is 1. The standard InChI is InChI=1S/C17H18N4O5/c1-2-26-15-6-3-13(4-7-15)18-11-17(23)20-19-10-12-9-14(21(24)25)5-8-16(12)22/h3-10,18,22H,2,11H2,1H3,(H,20,23)/b19-10+. The maximum atomic E-state index is 11.8. The summed E-state index contributed by atoms with van der Waals surface area (Å²) in [6.45, 7) is 2.45. The second kappa shape index (κ2) is 9.02. The minimum Gasteiger partial charge on any atom is -0.507 e. The number of nitro groups is 1. The summed E-state index contributed by atoms with van der Waals surface area (Å²) < 4.78 is 5.33. The number of ether oxygens (including phenoxy) is 1. The lowest BCUT2D eigenvalue weighted by Gasteiger charge is -2.07. The molecule has 0 fully saturated rings. The molecule has 0 aromatic heterocycles. The van der Waals surface area contributed by atoms with Crippen molar-refractivity contribution in [3.8, 4) is 11.5 Å². The Bertz CT molecular complexity index is 805. The number of phenols is 1. The molecule has 2 rings (SSSR count). The van der Waals surface area contributed by atoms with Gasteiger partial charge in [0.25, 0.3) is 11.6 Å². The van der Waals surface area contributed by atoms with Crippen molar-refractivity contribution in [2.75, 3.05) is 18.5 Å². The largest absolute Gasteiger partial charge is 0.507 e. The van der Waals surface area contributed by atoms with Crippen LogP contribution < -0.4 is 15.5 Å². The second-order valence-corrected chi connectivity index (χ2v) is 5.10. The predicted octanol–water partition coefficient (Wildman–Crippen LogP) is 2.26. The number of nitrogens with zero attached hydrogens (tertiary/aromatic N) is 2. The lowest BCUT2D eigenvalue weighted by molar-refractivity contribution is -0.384. The van der Waals surface area contributed by atoms with Crippen LogP contribution in [0.4, 0.5) is 11.4 Å². The Morgan fingerprint density at radius 1 is 1.31 bits per heavy atom. The second-order valence-electron chi connectivity index (χ2n) is 5.10. The molecule has 0 saturated heterocycles. The van der Waals surface area contributed by atoms with Crippen molar-refractivity contribution in [1.29, 1.82) is 0 Å². The van der Waals surface area contributed by atoms with E-state index in [-0.39, 0.29) is 23.5 Å². The van der Waals surface area contributed by atoms with E-state index in [1.54, 1.807) is 24.3 Å². The van der Waals surface area contributed by atoms with E-state index in [0.29, 0.717) is 6.61 Å². The molecule has 136 valence electrons. The summed E-state index contributed by atoms with van der Waals surface area (Å²) in [5, 5.41) is 27.0. The Hall–Kier alpha value is -3.62. The Morgan fingerprint density at radius 2 is 2.04 bits per heavy atom. The number of rotatable bonds is 8. The van der Waals surface area contributed by atoms with Gasteiger partial charge in [-0.25, -0.2) is 5.43 Å². The van der Waals surface area contributed by atoms with Gasteiger partial charge in [-0.1, -0.05) is 0 Å². The normalized spacial score (nSPS) is 10.5. The smallest absolute Gasteiger partial charge is 0.270 e. The zero-order valence-corrected chi connectivity index (χ0v) is 14.0. The zero-order chi connectivity index (χ0) is 18.9. The molecule has 0 radical (unpaired) electrons. The summed E-state index contributed by atoms with van der Waals surface area (Å²) in [4.78, 5) is 21.9. The van der Waals surface area contributed by atoms with Gasteiger partial charge in [-0.3, -0.25) is 14.9 Å². The van der Waals surface area contributed by atoms with Crippen LogP contribution >= 0.6 is 0 Å². The number of aromatic hydroxyl groups is 1. The van der Waals surface area contributed by atoms with E-state index >= 15 is 0 Å². The Kier molecular flexibility index (Phi) is 6.49. The first-order chi connectivity index (χ1) is 12.5. The topological polar surface area (TPSA) is 126 Å². The van der Waals surface area contributed by atoms with Crippen molar-refractivity contribution in [1.82, 2.24) is 5.43 Å². The molecule has 26 heavy (non-hydrogen) atoms. The van der Waals surface area contributed by atoms with Gasteiger partial charge >= 0.3 is 0 Å². The third-order valence-corrected chi connectivity index (χ3v) is 3.23. The molecule has 0 heterocycles. The van der Waals surface area contributed by atoms with Gasteiger partial charge in [-0.15, -0.1) is 0 Å². The quantitative estimate of drug-likeness (QED) is 0.377. The molecule has 0 atom stereocenters. The van der Waals surface area contributed by atoms with Gasteiger partial charge in [0, 0.05) is 23.4 Å². The molecule has 0 bridgehead atoms. The van der Waals surface area contributed by atoms with Crippen molar-refractivity contribution in [2.45, 2.75) is 6.92 Å². The molecule has 3 N–H and O–H groups in total. The minimum atomic E-state index is -0.587. The maximum absolute atomic E-state index is 11.8. The van der Waals surface area contributed by atoms with Crippen molar-refractivity contribution in [3.05, 3.63) is 58.1 Å². The molecular weight excluding hydrogens is 340 g/mol. The highest BCUT2D eigenvalue weighted by Crippen LogP contribution is 2.21. The highest BCUT2D eigenvalue weighted by Gasteiger charge is 2.09. The van der Waals surface area contributed by atoms with Crippen LogP contribution in [0, 0.1) is 10.1 Å². The molecule has 0 aliphatic heterocycles. The number of hydrogen-bond acceptors (Lipinski definition) is 7. The maximum Gasteiger partial charge on any atom is 0.270 e. The van der Waals surface area contributed by atoms with Crippen LogP contribution in [0.2, 0.25) is 0 Å². The number of hydrogen-bond donors (Lipinski definition) is 3. The summed E-state index contributed by atoms with van der Waals surface area (Å²) in [6, 6.07) is 10.6. The van der Waals surface area contributed by atoms with Gasteiger partial charge in [-0.2, -0.15) is 5.10 Å². The number of carbonyl (C=O) groups excluding carboxylic acids is 1. The van der Waals surface area contributed by atoms with E-state index in [1.807, 2.05) is 6.92 Å². The molecule has 0 aliphatic carbocycles. The van der Waals surface area contributed by atoms with Crippen LogP contribution in [0.1, 0.15) is 12.5 Å². The Balaban J connectivity index is 1.85. The van der Waals surface area contributed by atoms with Crippen LogP contribution in [0.15, 0.2) is 47.6 Å². The van der Waals surface area contributed by atoms with Gasteiger partial charge in [0.05, 0.1) is 24.3 Å². The minimum absolute atomic E-state index is 0.0216. The van der Waals surface area contributed by atoms with Gasteiger partial charge < -0.3 is 15.2 Å². The summed E-state index contributed by atoms with van der Waals surface area (Å²) in [5.41, 5.74) is 2.95. The Labute approximate surface area is 149 Å². The van der Waals surface area contributed by atoms with Gasteiger partial charge in [0.2, 0.25) is 0 Å². The average molecular weight is 358 g/mol. The fourth-order valence-electron chi connectivity index (χ4n) is 1.99. The molecule has 0 saturated carbocycles. The van der Waals surface area contributed by atoms with Crippen molar-refractivity contribution < 1.29 is 19.6 Å². The molecule has 2 aromatic carbocycles. The molecule has 2 aromatic rings. The first-order valence-corrected chi connectivity index (χ1v) is 7.75. The highest BCUT2D eigenvalue weighted by molar-refractivity contribution is 5.86. The monoisotopic (exact) mass is 358 g/mol. The van der Waals surface area contributed by atoms with E-state index < -0.39 is 10.8 Å². The van der Waals surface area contributed by atoms with Crippen LogP contribution in [0.3, 0.4) is 0 Å². The van der Waals surface area contributed by atoms with E-state index in [2.05, 4.69) is 15.8 Å². The van der Waals surface area contributed by atoms with Crippen LogP contribution in [0.25, 0.3) is 0 Å². The van der Waals surface area contributed by atoms with E-state index in [9.17, 15) is 20.0 Å². The van der Waals surface area contributed by atoms with E-state index in [1.165, 1.54) is 12.1 Å². The number of nitro benzene ring substituents is 1. The van der Waals surface area contributed by atoms with Gasteiger partial charge in [-0.05, 0) is 37.3 Å². The van der Waals surface area contributed by atoms with Gasteiger partial charge in [0.15, 0.2) is 0 Å². The molecule has 0 aliphatic rings. The molecule has 1 amide bonds. The number of phenolic OH excluding ortho intramolecular Hbond substituents is 1. The first-order valence-electron chi connectivity index (χ1n) is 7.75. The van der Waals surface area contributed by atoms with Crippen LogP contribution in [-0.4, -0.2) is 35.3 Å². The van der Waals surface area contributed by atoms with Gasteiger partial charge in [0.1, 0.15) is 11.5 Å². The zero-order valence-electron chi connectivity index (χ0n) is 14.0. The number of nitrogens with one attached hydrogen (secondary N) is 2. The van der Waals surface area contributed by atoms with E-state index in [0.717, 1.165) is 23.7 Å². The SMILES string of the molecule is CCOc1ccc(NCC(=O)N/N=C/c2cc([N+](=O)[O-])ccc2O)cc1. The number of non-ortho nitro benzene ring substituents is 1.